The molecule has 6 nitrogen and oxygen atoms in total. The zero-order chi connectivity index (χ0) is 15.4. The third kappa shape index (κ3) is 4.43. The Morgan fingerprint density at radius 3 is 2.59 bits per heavy atom. The standard InChI is InChI=1S/C16H27N3O3/c20-15(17-10-13-3-4-13)12-18-5-1-2-14(11-18)16(21)19-6-8-22-9-7-19/h13-14H,1-12H2,(H,17,20). The first-order chi connectivity index (χ1) is 10.7. The fourth-order valence-corrected chi connectivity index (χ4v) is 3.28. The zero-order valence-corrected chi connectivity index (χ0v) is 13.3. The molecule has 1 aliphatic carbocycles. The van der Waals surface area contributed by atoms with E-state index >= 15 is 0 Å². The normalized spacial score (nSPS) is 26.7. The Morgan fingerprint density at radius 2 is 1.86 bits per heavy atom. The average molecular weight is 309 g/mol. The van der Waals surface area contributed by atoms with Gasteiger partial charge in [0.25, 0.3) is 0 Å². The van der Waals surface area contributed by atoms with Crippen molar-refractivity contribution in [3.63, 3.8) is 0 Å². The molecule has 3 rings (SSSR count). The fraction of sp³-hybridized carbons (Fsp3) is 0.875. The van der Waals surface area contributed by atoms with Gasteiger partial charge in [0.2, 0.25) is 11.8 Å². The molecular weight excluding hydrogens is 282 g/mol. The van der Waals surface area contributed by atoms with Crippen LogP contribution in [0.2, 0.25) is 0 Å². The van der Waals surface area contributed by atoms with E-state index in [0.29, 0.717) is 45.3 Å². The zero-order valence-electron chi connectivity index (χ0n) is 13.3. The Morgan fingerprint density at radius 1 is 1.09 bits per heavy atom. The summed E-state index contributed by atoms with van der Waals surface area (Å²) >= 11 is 0. The number of ether oxygens (including phenoxy) is 1. The number of hydrogen-bond acceptors (Lipinski definition) is 4. The minimum atomic E-state index is 0.0445. The summed E-state index contributed by atoms with van der Waals surface area (Å²) < 4.78 is 5.30. The van der Waals surface area contributed by atoms with Crippen molar-refractivity contribution in [3.8, 4) is 0 Å². The molecule has 1 N–H and O–H groups in total. The van der Waals surface area contributed by atoms with Crippen LogP contribution in [-0.4, -0.2) is 74.1 Å². The lowest BCUT2D eigenvalue weighted by Gasteiger charge is -2.35. The van der Waals surface area contributed by atoms with E-state index in [0.717, 1.165) is 25.9 Å². The van der Waals surface area contributed by atoms with Crippen molar-refractivity contribution in [1.29, 1.82) is 0 Å². The SMILES string of the molecule is O=C(CN1CCCC(C(=O)N2CCOCC2)C1)NCC1CC1. The summed E-state index contributed by atoms with van der Waals surface area (Å²) in [5, 5.41) is 3.01. The predicted octanol–water partition coefficient (Wildman–Crippen LogP) is 0.0834. The lowest BCUT2D eigenvalue weighted by atomic mass is 9.96. The van der Waals surface area contributed by atoms with Crippen LogP contribution in [0.3, 0.4) is 0 Å². The number of amides is 2. The Kier molecular flexibility index (Phi) is 5.31. The van der Waals surface area contributed by atoms with Crippen LogP contribution in [0.5, 0.6) is 0 Å². The number of carbonyl (C=O) groups excluding carboxylic acids is 2. The van der Waals surface area contributed by atoms with Gasteiger partial charge in [-0.3, -0.25) is 14.5 Å². The highest BCUT2D eigenvalue weighted by Gasteiger charge is 2.30. The van der Waals surface area contributed by atoms with Gasteiger partial charge in [-0.1, -0.05) is 0 Å². The van der Waals surface area contributed by atoms with Gasteiger partial charge in [-0.05, 0) is 38.1 Å². The van der Waals surface area contributed by atoms with Gasteiger partial charge in [0, 0.05) is 26.2 Å². The van der Waals surface area contributed by atoms with E-state index in [1.54, 1.807) is 0 Å². The molecule has 1 atom stereocenters. The number of piperidine rings is 1. The molecule has 1 saturated carbocycles. The lowest BCUT2D eigenvalue weighted by molar-refractivity contribution is -0.142. The van der Waals surface area contributed by atoms with Crippen LogP contribution in [0.25, 0.3) is 0 Å². The number of likely N-dealkylation sites (tertiary alicyclic amines) is 1. The van der Waals surface area contributed by atoms with E-state index in [4.69, 9.17) is 4.74 Å². The maximum atomic E-state index is 12.6. The molecule has 0 aromatic carbocycles. The molecule has 3 aliphatic rings. The Balaban J connectivity index is 1.43. The molecule has 0 bridgehead atoms. The monoisotopic (exact) mass is 309 g/mol. The van der Waals surface area contributed by atoms with Crippen LogP contribution in [0, 0.1) is 11.8 Å². The topological polar surface area (TPSA) is 61.9 Å². The summed E-state index contributed by atoms with van der Waals surface area (Å²) in [6.45, 7) is 5.59. The van der Waals surface area contributed by atoms with E-state index in [2.05, 4.69) is 10.2 Å². The molecule has 22 heavy (non-hydrogen) atoms. The number of nitrogens with one attached hydrogen (secondary N) is 1. The van der Waals surface area contributed by atoms with Crippen LogP contribution in [-0.2, 0) is 14.3 Å². The minimum absolute atomic E-state index is 0.0445. The second kappa shape index (κ2) is 7.42. The summed E-state index contributed by atoms with van der Waals surface area (Å²) in [4.78, 5) is 28.6. The van der Waals surface area contributed by atoms with Gasteiger partial charge in [0.1, 0.15) is 0 Å². The van der Waals surface area contributed by atoms with Crippen LogP contribution in [0.15, 0.2) is 0 Å². The highest BCUT2D eigenvalue weighted by molar-refractivity contribution is 5.80. The van der Waals surface area contributed by atoms with E-state index in [9.17, 15) is 9.59 Å². The van der Waals surface area contributed by atoms with Crippen LogP contribution < -0.4 is 5.32 Å². The molecule has 0 spiro atoms. The van der Waals surface area contributed by atoms with Gasteiger partial charge in [-0.2, -0.15) is 0 Å². The van der Waals surface area contributed by atoms with Gasteiger partial charge in [-0.15, -0.1) is 0 Å². The summed E-state index contributed by atoms with van der Waals surface area (Å²) in [6, 6.07) is 0. The lowest BCUT2D eigenvalue weighted by Crippen LogP contribution is -2.50. The molecule has 2 heterocycles. The first kappa shape index (κ1) is 15.7. The largest absolute Gasteiger partial charge is 0.378 e. The van der Waals surface area contributed by atoms with Crippen LogP contribution in [0.1, 0.15) is 25.7 Å². The van der Waals surface area contributed by atoms with Crippen molar-refractivity contribution in [2.24, 2.45) is 11.8 Å². The third-order valence-electron chi connectivity index (χ3n) is 4.83. The van der Waals surface area contributed by atoms with Crippen molar-refractivity contribution < 1.29 is 14.3 Å². The van der Waals surface area contributed by atoms with Crippen molar-refractivity contribution >= 4 is 11.8 Å². The maximum absolute atomic E-state index is 12.6. The van der Waals surface area contributed by atoms with Crippen molar-refractivity contribution in [2.45, 2.75) is 25.7 Å². The molecule has 0 aromatic heterocycles. The second-order valence-electron chi connectivity index (χ2n) is 6.76. The number of morpholine rings is 1. The van der Waals surface area contributed by atoms with Crippen LogP contribution >= 0.6 is 0 Å². The van der Waals surface area contributed by atoms with Crippen molar-refractivity contribution in [2.75, 3.05) is 52.5 Å². The maximum Gasteiger partial charge on any atom is 0.234 e. The fourth-order valence-electron chi connectivity index (χ4n) is 3.28. The molecule has 2 aliphatic heterocycles. The highest BCUT2D eigenvalue weighted by Crippen LogP contribution is 2.27. The van der Waals surface area contributed by atoms with Crippen LogP contribution in [0.4, 0.5) is 0 Å². The van der Waals surface area contributed by atoms with Crippen molar-refractivity contribution in [3.05, 3.63) is 0 Å². The van der Waals surface area contributed by atoms with Crippen molar-refractivity contribution in [1.82, 2.24) is 15.1 Å². The predicted molar refractivity (Wildman–Crippen MR) is 82.3 cm³/mol. The molecule has 124 valence electrons. The average Bonchev–Trinajstić information content (AvgIpc) is 3.38. The first-order valence-corrected chi connectivity index (χ1v) is 8.58. The first-order valence-electron chi connectivity index (χ1n) is 8.58. The molecule has 0 aromatic rings. The molecule has 2 saturated heterocycles. The van der Waals surface area contributed by atoms with Gasteiger partial charge in [0.05, 0.1) is 25.7 Å². The number of hydrogen-bond donors (Lipinski definition) is 1. The Bertz CT molecular complexity index is 405. The second-order valence-corrected chi connectivity index (χ2v) is 6.76. The van der Waals surface area contributed by atoms with E-state index in [1.807, 2.05) is 4.90 Å². The quantitative estimate of drug-likeness (QED) is 0.781. The third-order valence-corrected chi connectivity index (χ3v) is 4.83. The number of carbonyl (C=O) groups is 2. The van der Waals surface area contributed by atoms with Gasteiger partial charge < -0.3 is 15.0 Å². The summed E-state index contributed by atoms with van der Waals surface area (Å²) in [7, 11) is 0. The molecule has 6 heteroatoms. The van der Waals surface area contributed by atoms with E-state index in [1.165, 1.54) is 12.8 Å². The summed E-state index contributed by atoms with van der Waals surface area (Å²) in [5.74, 6) is 1.10. The molecule has 3 fully saturated rings. The molecule has 1 unspecified atom stereocenters. The molecular formula is C16H27N3O3. The van der Waals surface area contributed by atoms with E-state index in [-0.39, 0.29) is 17.7 Å². The van der Waals surface area contributed by atoms with Gasteiger partial charge in [-0.25, -0.2) is 0 Å². The minimum Gasteiger partial charge on any atom is -0.378 e. The smallest absolute Gasteiger partial charge is 0.234 e. The number of rotatable bonds is 5. The molecule has 0 radical (unpaired) electrons. The highest BCUT2D eigenvalue weighted by atomic mass is 16.5. The number of nitrogens with zero attached hydrogens (tertiary/aromatic N) is 2. The molecule has 2 amide bonds. The Hall–Kier alpha value is -1.14. The van der Waals surface area contributed by atoms with Gasteiger partial charge >= 0.3 is 0 Å². The Labute approximate surface area is 132 Å². The summed E-state index contributed by atoms with van der Waals surface area (Å²) in [6.07, 6.45) is 4.44. The van der Waals surface area contributed by atoms with Gasteiger partial charge in [0.15, 0.2) is 0 Å². The summed E-state index contributed by atoms with van der Waals surface area (Å²) in [5.41, 5.74) is 0. The van der Waals surface area contributed by atoms with E-state index < -0.39 is 0 Å².